The van der Waals surface area contributed by atoms with Gasteiger partial charge in [0.25, 0.3) is 0 Å². The van der Waals surface area contributed by atoms with Gasteiger partial charge in [0.1, 0.15) is 0 Å². The van der Waals surface area contributed by atoms with Gasteiger partial charge in [-0.25, -0.2) is 0 Å². The van der Waals surface area contributed by atoms with Crippen molar-refractivity contribution in [2.45, 2.75) is 38.1 Å². The molecule has 3 heteroatoms. The Kier molecular flexibility index (Phi) is 2.26. The molecule has 0 aliphatic heterocycles. The van der Waals surface area contributed by atoms with Gasteiger partial charge in [0.15, 0.2) is 0 Å². The first-order valence-corrected chi connectivity index (χ1v) is 5.58. The number of carbonyl (C=O) groups excluding carboxylic acids is 1. The topological polar surface area (TPSA) is 29.1 Å². The number of hydrogen-bond donors (Lipinski definition) is 1. The highest BCUT2D eigenvalue weighted by atomic mass is 35.5. The lowest BCUT2D eigenvalue weighted by Crippen LogP contribution is -2.55. The van der Waals surface area contributed by atoms with Crippen LogP contribution in [0.25, 0.3) is 0 Å². The Balaban J connectivity index is 1.86. The molecule has 2 nitrogen and oxygen atoms in total. The molecule has 2 atom stereocenters. The summed E-state index contributed by atoms with van der Waals surface area (Å²) in [6.45, 7) is 2.12. The van der Waals surface area contributed by atoms with E-state index >= 15 is 0 Å². The molecule has 2 saturated carbocycles. The SMILES string of the molecule is CC1CC1C(=O)NC1(CCl)CCC1. The number of carbonyl (C=O) groups is 1. The van der Waals surface area contributed by atoms with Crippen LogP contribution >= 0.6 is 11.6 Å². The summed E-state index contributed by atoms with van der Waals surface area (Å²) in [5.74, 6) is 1.67. The van der Waals surface area contributed by atoms with Gasteiger partial charge in [0, 0.05) is 11.8 Å². The second-order valence-corrected chi connectivity index (χ2v) is 4.84. The Morgan fingerprint density at radius 1 is 1.62 bits per heavy atom. The van der Waals surface area contributed by atoms with Gasteiger partial charge in [-0.1, -0.05) is 6.92 Å². The minimum absolute atomic E-state index is 0.0407. The van der Waals surface area contributed by atoms with E-state index in [0.29, 0.717) is 11.8 Å². The summed E-state index contributed by atoms with van der Waals surface area (Å²) >= 11 is 5.85. The van der Waals surface area contributed by atoms with Crippen molar-refractivity contribution in [3.63, 3.8) is 0 Å². The van der Waals surface area contributed by atoms with E-state index < -0.39 is 0 Å². The number of hydrogen-bond acceptors (Lipinski definition) is 1. The first-order valence-electron chi connectivity index (χ1n) is 5.05. The van der Waals surface area contributed by atoms with Gasteiger partial charge >= 0.3 is 0 Å². The fourth-order valence-corrected chi connectivity index (χ4v) is 2.27. The van der Waals surface area contributed by atoms with Crippen molar-refractivity contribution in [1.82, 2.24) is 5.32 Å². The average Bonchev–Trinajstić information content (AvgIpc) is 2.75. The lowest BCUT2D eigenvalue weighted by atomic mass is 9.78. The highest BCUT2D eigenvalue weighted by molar-refractivity contribution is 6.18. The van der Waals surface area contributed by atoms with E-state index in [1.54, 1.807) is 0 Å². The molecular weight excluding hydrogens is 186 g/mol. The van der Waals surface area contributed by atoms with E-state index in [2.05, 4.69) is 12.2 Å². The van der Waals surface area contributed by atoms with Crippen molar-refractivity contribution in [1.29, 1.82) is 0 Å². The summed E-state index contributed by atoms with van der Waals surface area (Å²) in [7, 11) is 0. The van der Waals surface area contributed by atoms with Crippen molar-refractivity contribution < 1.29 is 4.79 Å². The lowest BCUT2D eigenvalue weighted by Gasteiger charge is -2.41. The van der Waals surface area contributed by atoms with Crippen LogP contribution in [-0.4, -0.2) is 17.3 Å². The molecule has 2 rings (SSSR count). The third-order valence-corrected chi connectivity index (χ3v) is 3.91. The van der Waals surface area contributed by atoms with Crippen molar-refractivity contribution >= 4 is 17.5 Å². The smallest absolute Gasteiger partial charge is 0.223 e. The van der Waals surface area contributed by atoms with Crippen molar-refractivity contribution in [3.05, 3.63) is 0 Å². The predicted octanol–water partition coefficient (Wildman–Crippen LogP) is 1.92. The van der Waals surface area contributed by atoms with Gasteiger partial charge in [0.2, 0.25) is 5.91 Å². The fourth-order valence-electron chi connectivity index (χ4n) is 1.94. The Labute approximate surface area is 84.0 Å². The van der Waals surface area contributed by atoms with Crippen molar-refractivity contribution in [3.8, 4) is 0 Å². The number of nitrogens with one attached hydrogen (secondary N) is 1. The molecule has 0 bridgehead atoms. The van der Waals surface area contributed by atoms with Gasteiger partial charge in [-0.15, -0.1) is 11.6 Å². The maximum absolute atomic E-state index is 11.6. The molecule has 2 unspecified atom stereocenters. The molecule has 0 heterocycles. The number of rotatable bonds is 3. The molecule has 0 saturated heterocycles. The van der Waals surface area contributed by atoms with Crippen LogP contribution in [0.15, 0.2) is 0 Å². The molecule has 0 aromatic heterocycles. The molecule has 0 spiro atoms. The zero-order valence-electron chi connectivity index (χ0n) is 7.98. The summed E-state index contributed by atoms with van der Waals surface area (Å²) in [5.41, 5.74) is -0.0407. The van der Waals surface area contributed by atoms with E-state index in [1.165, 1.54) is 6.42 Å². The molecule has 1 amide bonds. The standard InChI is InChI=1S/C10H16ClNO/c1-7-5-8(7)9(13)12-10(6-11)3-2-4-10/h7-8H,2-6H2,1H3,(H,12,13). The first kappa shape index (κ1) is 9.32. The van der Waals surface area contributed by atoms with Gasteiger partial charge < -0.3 is 5.32 Å². The number of alkyl halides is 1. The highest BCUT2D eigenvalue weighted by Gasteiger charge is 2.44. The molecule has 2 aliphatic carbocycles. The van der Waals surface area contributed by atoms with Crippen molar-refractivity contribution in [2.24, 2.45) is 11.8 Å². The third kappa shape index (κ3) is 1.69. The molecule has 1 N–H and O–H groups in total. The fraction of sp³-hybridized carbons (Fsp3) is 0.900. The molecule has 0 aromatic carbocycles. The molecule has 2 aliphatic rings. The quantitative estimate of drug-likeness (QED) is 0.695. The van der Waals surface area contributed by atoms with Gasteiger partial charge in [-0.2, -0.15) is 0 Å². The van der Waals surface area contributed by atoms with Gasteiger partial charge in [-0.05, 0) is 31.6 Å². The molecular formula is C10H16ClNO. The van der Waals surface area contributed by atoms with Gasteiger partial charge in [0.05, 0.1) is 5.54 Å². The second-order valence-electron chi connectivity index (χ2n) is 4.58. The number of amides is 1. The van der Waals surface area contributed by atoms with Crippen LogP contribution in [0, 0.1) is 11.8 Å². The molecule has 0 radical (unpaired) electrons. The number of halogens is 1. The first-order chi connectivity index (χ1) is 6.17. The van der Waals surface area contributed by atoms with E-state index in [-0.39, 0.29) is 17.4 Å². The maximum atomic E-state index is 11.6. The summed E-state index contributed by atoms with van der Waals surface area (Å²) in [4.78, 5) is 11.6. The monoisotopic (exact) mass is 201 g/mol. The highest BCUT2D eigenvalue weighted by Crippen LogP contribution is 2.40. The van der Waals surface area contributed by atoms with Crippen molar-refractivity contribution in [2.75, 3.05) is 5.88 Å². The summed E-state index contributed by atoms with van der Waals surface area (Å²) in [5, 5.41) is 3.10. The largest absolute Gasteiger partial charge is 0.349 e. The zero-order valence-corrected chi connectivity index (χ0v) is 8.73. The van der Waals surface area contributed by atoms with Crippen LogP contribution in [0.4, 0.5) is 0 Å². The Morgan fingerprint density at radius 2 is 2.23 bits per heavy atom. The van der Waals surface area contributed by atoms with Crippen LogP contribution in [0.1, 0.15) is 32.6 Å². The Hall–Kier alpha value is -0.240. The predicted molar refractivity (Wildman–Crippen MR) is 52.7 cm³/mol. The van der Waals surface area contributed by atoms with E-state index in [0.717, 1.165) is 19.3 Å². The second kappa shape index (κ2) is 3.16. The van der Waals surface area contributed by atoms with Gasteiger partial charge in [-0.3, -0.25) is 4.79 Å². The average molecular weight is 202 g/mol. The maximum Gasteiger partial charge on any atom is 0.223 e. The molecule has 0 aromatic rings. The lowest BCUT2D eigenvalue weighted by molar-refractivity contribution is -0.125. The van der Waals surface area contributed by atoms with E-state index in [4.69, 9.17) is 11.6 Å². The Morgan fingerprint density at radius 3 is 2.54 bits per heavy atom. The van der Waals surface area contributed by atoms with Crippen LogP contribution in [0.5, 0.6) is 0 Å². The minimum Gasteiger partial charge on any atom is -0.349 e. The van der Waals surface area contributed by atoms with Crippen LogP contribution in [0.2, 0.25) is 0 Å². The summed E-state index contributed by atoms with van der Waals surface area (Å²) in [6.07, 6.45) is 4.38. The summed E-state index contributed by atoms with van der Waals surface area (Å²) < 4.78 is 0. The Bertz CT molecular complexity index is 219. The van der Waals surface area contributed by atoms with E-state index in [1.807, 2.05) is 0 Å². The molecule has 74 valence electrons. The summed E-state index contributed by atoms with van der Waals surface area (Å²) in [6, 6.07) is 0. The minimum atomic E-state index is -0.0407. The molecule has 2 fully saturated rings. The zero-order chi connectivity index (χ0) is 9.47. The third-order valence-electron chi connectivity index (χ3n) is 3.40. The van der Waals surface area contributed by atoms with Crippen LogP contribution in [-0.2, 0) is 4.79 Å². The van der Waals surface area contributed by atoms with Crippen LogP contribution < -0.4 is 5.32 Å². The normalized spacial score (nSPS) is 34.9. The van der Waals surface area contributed by atoms with Crippen LogP contribution in [0.3, 0.4) is 0 Å². The molecule has 13 heavy (non-hydrogen) atoms. The van der Waals surface area contributed by atoms with E-state index in [9.17, 15) is 4.79 Å².